The summed E-state index contributed by atoms with van der Waals surface area (Å²) in [5, 5.41) is 2.73. The van der Waals surface area contributed by atoms with Crippen molar-refractivity contribution >= 4 is 11.8 Å². The molecule has 0 unspecified atom stereocenters. The Morgan fingerprint density at radius 2 is 1.92 bits per heavy atom. The summed E-state index contributed by atoms with van der Waals surface area (Å²) in [6.45, 7) is 5.40. The first-order chi connectivity index (χ1) is 11.6. The zero-order chi connectivity index (χ0) is 16.7. The van der Waals surface area contributed by atoms with Gasteiger partial charge in [-0.25, -0.2) is 0 Å². The third kappa shape index (κ3) is 2.61. The van der Waals surface area contributed by atoms with Crippen LogP contribution in [0.2, 0.25) is 0 Å². The molecule has 0 spiro atoms. The number of benzene rings is 1. The van der Waals surface area contributed by atoms with E-state index in [0.29, 0.717) is 19.1 Å². The number of fused-ring (bicyclic) bond motifs is 1. The summed E-state index contributed by atoms with van der Waals surface area (Å²) >= 11 is 0. The normalized spacial score (nSPS) is 34.1. The van der Waals surface area contributed by atoms with Crippen molar-refractivity contribution in [3.63, 3.8) is 0 Å². The average molecular weight is 327 g/mol. The van der Waals surface area contributed by atoms with Gasteiger partial charge in [-0.3, -0.25) is 14.5 Å². The molecule has 1 saturated carbocycles. The van der Waals surface area contributed by atoms with Crippen molar-refractivity contribution in [1.29, 1.82) is 0 Å². The Kier molecular flexibility index (Phi) is 3.83. The molecule has 128 valence electrons. The first kappa shape index (κ1) is 15.6. The van der Waals surface area contributed by atoms with Crippen molar-refractivity contribution < 1.29 is 9.59 Å². The highest BCUT2D eigenvalue weighted by atomic mass is 16.2. The molecular formula is C19H25N3O2. The molecule has 24 heavy (non-hydrogen) atoms. The lowest BCUT2D eigenvalue weighted by Gasteiger charge is -2.45. The van der Waals surface area contributed by atoms with Gasteiger partial charge in [-0.2, -0.15) is 0 Å². The van der Waals surface area contributed by atoms with E-state index in [4.69, 9.17) is 0 Å². The second kappa shape index (κ2) is 5.88. The van der Waals surface area contributed by atoms with Gasteiger partial charge < -0.3 is 10.2 Å². The number of carbonyl (C=O) groups is 2. The quantitative estimate of drug-likeness (QED) is 0.829. The van der Waals surface area contributed by atoms with Crippen LogP contribution in [0.4, 0.5) is 0 Å². The fourth-order valence-electron chi connectivity index (χ4n) is 4.69. The predicted octanol–water partition coefficient (Wildman–Crippen LogP) is 1.14. The van der Waals surface area contributed by atoms with Gasteiger partial charge in [0.15, 0.2) is 0 Å². The molecule has 4 rings (SSSR count). The molecule has 2 heterocycles. The Bertz CT molecular complexity index is 647. The van der Waals surface area contributed by atoms with E-state index in [-0.39, 0.29) is 17.4 Å². The van der Waals surface area contributed by atoms with Gasteiger partial charge in [0.1, 0.15) is 0 Å². The van der Waals surface area contributed by atoms with E-state index in [1.807, 2.05) is 0 Å². The maximum atomic E-state index is 12.0. The monoisotopic (exact) mass is 327 g/mol. The van der Waals surface area contributed by atoms with Gasteiger partial charge >= 0.3 is 11.8 Å². The summed E-state index contributed by atoms with van der Waals surface area (Å²) in [6.07, 6.45) is 3.59. The molecule has 2 saturated heterocycles. The molecule has 0 aromatic heterocycles. The zero-order valence-electron chi connectivity index (χ0n) is 14.2. The number of amides is 2. The van der Waals surface area contributed by atoms with Crippen molar-refractivity contribution in [2.75, 3.05) is 26.2 Å². The van der Waals surface area contributed by atoms with Gasteiger partial charge in [0.05, 0.1) is 6.04 Å². The van der Waals surface area contributed by atoms with Crippen molar-refractivity contribution in [2.45, 2.75) is 43.7 Å². The van der Waals surface area contributed by atoms with Crippen molar-refractivity contribution in [3.8, 4) is 0 Å². The molecular weight excluding hydrogens is 302 g/mol. The number of piperazine rings is 2. The standard InChI is InChI=1S/C19H25N3O2/c1-19(14-5-3-2-4-6-14)8-7-15(11-19)21-9-10-22-16(13-21)12-20-17(23)18(22)24/h2-6,15-16H,7-13H2,1H3,(H,20,23)/t15-,16-,19+/m1/s1. The lowest BCUT2D eigenvalue weighted by molar-refractivity contribution is -0.153. The van der Waals surface area contributed by atoms with Gasteiger partial charge in [0.25, 0.3) is 0 Å². The SMILES string of the molecule is C[C@]1(c2ccccc2)CC[C@@H](N2CCN3C(=O)C(=O)NC[C@@H]3C2)C1. The van der Waals surface area contributed by atoms with Crippen molar-refractivity contribution in [3.05, 3.63) is 35.9 Å². The summed E-state index contributed by atoms with van der Waals surface area (Å²) in [5.74, 6) is -0.802. The Labute approximate surface area is 143 Å². The molecule has 1 aromatic carbocycles. The predicted molar refractivity (Wildman–Crippen MR) is 91.5 cm³/mol. The zero-order valence-corrected chi connectivity index (χ0v) is 14.2. The van der Waals surface area contributed by atoms with Crippen LogP contribution in [0.5, 0.6) is 0 Å². The van der Waals surface area contributed by atoms with Gasteiger partial charge in [0, 0.05) is 32.2 Å². The topological polar surface area (TPSA) is 52.7 Å². The second-order valence-corrected chi connectivity index (χ2v) is 7.68. The fraction of sp³-hybridized carbons (Fsp3) is 0.579. The van der Waals surface area contributed by atoms with Crippen molar-refractivity contribution in [2.24, 2.45) is 0 Å². The lowest BCUT2D eigenvalue weighted by atomic mass is 9.81. The maximum Gasteiger partial charge on any atom is 0.312 e. The maximum absolute atomic E-state index is 12.0. The smallest absolute Gasteiger partial charge is 0.312 e. The van der Waals surface area contributed by atoms with Crippen LogP contribution in [0.1, 0.15) is 31.7 Å². The highest BCUT2D eigenvalue weighted by Gasteiger charge is 2.43. The second-order valence-electron chi connectivity index (χ2n) is 7.68. The molecule has 1 aromatic rings. The molecule has 3 aliphatic rings. The summed E-state index contributed by atoms with van der Waals surface area (Å²) < 4.78 is 0. The summed E-state index contributed by atoms with van der Waals surface area (Å²) in [4.78, 5) is 27.8. The molecule has 1 aliphatic carbocycles. The minimum absolute atomic E-state index is 0.132. The average Bonchev–Trinajstić information content (AvgIpc) is 3.02. The Balaban J connectivity index is 1.43. The third-order valence-electron chi connectivity index (χ3n) is 6.17. The number of rotatable bonds is 2. The molecule has 1 N–H and O–H groups in total. The molecule has 2 amide bonds. The largest absolute Gasteiger partial charge is 0.346 e. The minimum atomic E-state index is -0.447. The van der Waals surface area contributed by atoms with Crippen LogP contribution < -0.4 is 5.32 Å². The third-order valence-corrected chi connectivity index (χ3v) is 6.17. The van der Waals surface area contributed by atoms with Gasteiger partial charge in [-0.05, 0) is 30.2 Å². The Hall–Kier alpha value is -1.88. The first-order valence-corrected chi connectivity index (χ1v) is 8.95. The number of nitrogens with one attached hydrogen (secondary N) is 1. The van der Waals surface area contributed by atoms with E-state index in [1.165, 1.54) is 24.8 Å². The van der Waals surface area contributed by atoms with E-state index >= 15 is 0 Å². The number of hydrogen-bond acceptors (Lipinski definition) is 3. The Morgan fingerprint density at radius 1 is 1.12 bits per heavy atom. The Morgan fingerprint density at radius 3 is 2.71 bits per heavy atom. The molecule has 5 heteroatoms. The van der Waals surface area contributed by atoms with E-state index in [9.17, 15) is 9.59 Å². The van der Waals surface area contributed by atoms with Crippen LogP contribution in [0.15, 0.2) is 30.3 Å². The van der Waals surface area contributed by atoms with E-state index in [2.05, 4.69) is 47.5 Å². The molecule has 3 fully saturated rings. The van der Waals surface area contributed by atoms with E-state index in [0.717, 1.165) is 13.1 Å². The highest BCUT2D eigenvalue weighted by molar-refractivity contribution is 6.35. The van der Waals surface area contributed by atoms with Crippen LogP contribution in [0.25, 0.3) is 0 Å². The minimum Gasteiger partial charge on any atom is -0.346 e. The molecule has 0 radical (unpaired) electrons. The highest BCUT2D eigenvalue weighted by Crippen LogP contribution is 2.42. The van der Waals surface area contributed by atoms with Crippen LogP contribution in [-0.2, 0) is 15.0 Å². The molecule has 0 bridgehead atoms. The number of hydrogen-bond donors (Lipinski definition) is 1. The van der Waals surface area contributed by atoms with Crippen LogP contribution in [0, 0.1) is 0 Å². The van der Waals surface area contributed by atoms with Crippen LogP contribution in [-0.4, -0.2) is 59.9 Å². The van der Waals surface area contributed by atoms with E-state index in [1.54, 1.807) is 4.90 Å². The summed E-state index contributed by atoms with van der Waals surface area (Å²) in [7, 11) is 0. The number of nitrogens with zero attached hydrogens (tertiary/aromatic N) is 2. The fourth-order valence-corrected chi connectivity index (χ4v) is 4.69. The number of carbonyl (C=O) groups excluding carboxylic acids is 2. The van der Waals surface area contributed by atoms with Gasteiger partial charge in [-0.1, -0.05) is 37.3 Å². The molecule has 2 aliphatic heterocycles. The molecule has 5 nitrogen and oxygen atoms in total. The van der Waals surface area contributed by atoms with E-state index < -0.39 is 5.91 Å². The van der Waals surface area contributed by atoms with Crippen LogP contribution >= 0.6 is 0 Å². The summed E-state index contributed by atoms with van der Waals surface area (Å²) in [6, 6.07) is 11.5. The summed E-state index contributed by atoms with van der Waals surface area (Å²) in [5.41, 5.74) is 1.69. The van der Waals surface area contributed by atoms with Gasteiger partial charge in [0.2, 0.25) is 0 Å². The van der Waals surface area contributed by atoms with Crippen molar-refractivity contribution in [1.82, 2.24) is 15.1 Å². The molecule has 3 atom stereocenters. The lowest BCUT2D eigenvalue weighted by Crippen LogP contribution is -2.66. The first-order valence-electron chi connectivity index (χ1n) is 8.95. The van der Waals surface area contributed by atoms with Crippen LogP contribution in [0.3, 0.4) is 0 Å². The van der Waals surface area contributed by atoms with Gasteiger partial charge in [-0.15, -0.1) is 0 Å².